The highest BCUT2D eigenvalue weighted by Crippen LogP contribution is 2.43. The van der Waals surface area contributed by atoms with E-state index in [0.29, 0.717) is 6.54 Å². The molecule has 1 aliphatic carbocycles. The smallest absolute Gasteiger partial charge is 0.287 e. The van der Waals surface area contributed by atoms with Crippen molar-refractivity contribution in [1.82, 2.24) is 9.62 Å². The van der Waals surface area contributed by atoms with E-state index < -0.39 is 15.9 Å². The second-order valence-corrected chi connectivity index (χ2v) is 9.12. The van der Waals surface area contributed by atoms with E-state index in [-0.39, 0.29) is 21.8 Å². The Morgan fingerprint density at radius 2 is 1.88 bits per heavy atom. The van der Waals surface area contributed by atoms with E-state index >= 15 is 0 Å². The predicted octanol–water partition coefficient (Wildman–Crippen LogP) is 2.69. The van der Waals surface area contributed by atoms with E-state index in [1.807, 2.05) is 18.2 Å². The van der Waals surface area contributed by atoms with Crippen LogP contribution in [0.15, 0.2) is 45.7 Å². The Hall–Kier alpha value is -2.12. The summed E-state index contributed by atoms with van der Waals surface area (Å²) in [5.41, 5.74) is 1.18. The number of aryl methyl sites for hydroxylation is 1. The maximum atomic E-state index is 12.5. The molecule has 2 aromatic rings. The topological polar surface area (TPSA) is 79.6 Å². The van der Waals surface area contributed by atoms with Crippen molar-refractivity contribution >= 4 is 15.9 Å². The fraction of sp³-hybridized carbons (Fsp3) is 0.421. The Balaban J connectivity index is 1.75. The summed E-state index contributed by atoms with van der Waals surface area (Å²) >= 11 is 0. The summed E-state index contributed by atoms with van der Waals surface area (Å²) in [6.45, 7) is 2.05. The number of hydrogen-bond donors (Lipinski definition) is 1. The molecule has 0 spiro atoms. The van der Waals surface area contributed by atoms with E-state index in [1.54, 1.807) is 6.92 Å². The van der Waals surface area contributed by atoms with Crippen molar-refractivity contribution in [2.45, 2.75) is 36.5 Å². The number of nitrogens with zero attached hydrogens (tertiary/aromatic N) is 1. The van der Waals surface area contributed by atoms with E-state index in [0.717, 1.165) is 23.6 Å². The van der Waals surface area contributed by atoms with Crippen LogP contribution in [0.3, 0.4) is 0 Å². The van der Waals surface area contributed by atoms with Gasteiger partial charge >= 0.3 is 0 Å². The fourth-order valence-electron chi connectivity index (χ4n) is 3.33. The van der Waals surface area contributed by atoms with Crippen LogP contribution in [0.2, 0.25) is 0 Å². The zero-order valence-electron chi connectivity index (χ0n) is 15.3. The quantitative estimate of drug-likeness (QED) is 0.841. The molecule has 0 saturated heterocycles. The molecule has 0 unspecified atom stereocenters. The average Bonchev–Trinajstić information content (AvgIpc) is 2.97. The molecule has 0 atom stereocenters. The van der Waals surface area contributed by atoms with Crippen molar-refractivity contribution < 1.29 is 17.6 Å². The lowest BCUT2D eigenvalue weighted by Gasteiger charge is -2.42. The minimum atomic E-state index is -3.64. The van der Waals surface area contributed by atoms with Crippen molar-refractivity contribution in [3.63, 3.8) is 0 Å². The number of benzene rings is 1. The zero-order chi connectivity index (χ0) is 18.9. The molecule has 1 aromatic heterocycles. The van der Waals surface area contributed by atoms with Gasteiger partial charge in [-0.3, -0.25) is 4.79 Å². The van der Waals surface area contributed by atoms with Gasteiger partial charge in [0.15, 0.2) is 5.76 Å². The Morgan fingerprint density at radius 1 is 1.23 bits per heavy atom. The Bertz CT molecular complexity index is 897. The molecule has 1 aliphatic rings. The van der Waals surface area contributed by atoms with Crippen molar-refractivity contribution in [3.8, 4) is 0 Å². The molecule has 140 valence electrons. The molecule has 1 saturated carbocycles. The zero-order valence-corrected chi connectivity index (χ0v) is 16.1. The summed E-state index contributed by atoms with van der Waals surface area (Å²) in [5, 5.41) is 2.92. The third-order valence-corrected chi connectivity index (χ3v) is 7.06. The number of carbonyl (C=O) groups is 1. The van der Waals surface area contributed by atoms with Crippen LogP contribution in [0.4, 0.5) is 0 Å². The molecule has 1 amide bonds. The fourth-order valence-corrected chi connectivity index (χ4v) is 4.38. The van der Waals surface area contributed by atoms with Crippen molar-refractivity contribution in [3.05, 3.63) is 53.5 Å². The number of furan rings is 1. The molecular weight excluding hydrogens is 352 g/mol. The molecule has 1 heterocycles. The molecule has 3 rings (SSSR count). The van der Waals surface area contributed by atoms with E-state index in [9.17, 15) is 13.2 Å². The number of rotatable bonds is 6. The largest absolute Gasteiger partial charge is 0.455 e. The molecule has 7 heteroatoms. The van der Waals surface area contributed by atoms with Crippen LogP contribution in [-0.4, -0.2) is 39.3 Å². The second kappa shape index (κ2) is 6.89. The third kappa shape index (κ3) is 3.29. The first kappa shape index (κ1) is 18.7. The summed E-state index contributed by atoms with van der Waals surface area (Å²) < 4.78 is 31.1. The molecule has 1 fully saturated rings. The highest BCUT2D eigenvalue weighted by atomic mass is 32.2. The van der Waals surface area contributed by atoms with E-state index in [1.165, 1.54) is 25.7 Å². The van der Waals surface area contributed by atoms with Gasteiger partial charge in [0.25, 0.3) is 5.91 Å². The third-order valence-electron chi connectivity index (χ3n) is 5.14. The Morgan fingerprint density at radius 3 is 2.42 bits per heavy atom. The van der Waals surface area contributed by atoms with Crippen LogP contribution in [-0.2, 0) is 15.4 Å². The van der Waals surface area contributed by atoms with Gasteiger partial charge in [0.05, 0.1) is 0 Å². The number of carbonyl (C=O) groups excluding carboxylic acids is 1. The van der Waals surface area contributed by atoms with E-state index in [4.69, 9.17) is 4.42 Å². The van der Waals surface area contributed by atoms with Gasteiger partial charge in [0.2, 0.25) is 10.0 Å². The van der Waals surface area contributed by atoms with E-state index in [2.05, 4.69) is 17.4 Å². The minimum absolute atomic E-state index is 0.0189. The average molecular weight is 376 g/mol. The molecule has 6 nitrogen and oxygen atoms in total. The first-order valence-electron chi connectivity index (χ1n) is 8.63. The van der Waals surface area contributed by atoms with Gasteiger partial charge < -0.3 is 9.73 Å². The number of sulfonamides is 1. The maximum absolute atomic E-state index is 12.5. The second-order valence-electron chi connectivity index (χ2n) is 7.00. The lowest BCUT2D eigenvalue weighted by Crippen LogP contribution is -2.45. The normalized spacial score (nSPS) is 16.3. The van der Waals surface area contributed by atoms with Gasteiger partial charge in [0.1, 0.15) is 10.7 Å². The highest BCUT2D eigenvalue weighted by Gasteiger charge is 2.39. The maximum Gasteiger partial charge on any atom is 0.287 e. The first-order valence-corrected chi connectivity index (χ1v) is 10.1. The molecule has 1 N–H and O–H groups in total. The van der Waals surface area contributed by atoms with Crippen LogP contribution in [0.1, 0.15) is 41.1 Å². The van der Waals surface area contributed by atoms with Gasteiger partial charge in [-0.15, -0.1) is 0 Å². The SMILES string of the molecule is Cc1oc(C(=O)NCC2(c3ccccc3)CCC2)cc1S(=O)(=O)N(C)C. The lowest BCUT2D eigenvalue weighted by atomic mass is 9.64. The Kier molecular flexibility index (Phi) is 4.94. The summed E-state index contributed by atoms with van der Waals surface area (Å²) in [6, 6.07) is 11.5. The van der Waals surface area contributed by atoms with Crippen LogP contribution in [0, 0.1) is 6.92 Å². The first-order chi connectivity index (χ1) is 12.3. The van der Waals surface area contributed by atoms with Gasteiger partial charge in [-0.2, -0.15) is 0 Å². The van der Waals surface area contributed by atoms with Crippen LogP contribution in [0.5, 0.6) is 0 Å². The molecule has 0 radical (unpaired) electrons. The number of hydrogen-bond acceptors (Lipinski definition) is 4. The molecule has 0 bridgehead atoms. The van der Waals surface area contributed by atoms with Crippen molar-refractivity contribution in [2.24, 2.45) is 0 Å². The van der Waals surface area contributed by atoms with Crippen molar-refractivity contribution in [2.75, 3.05) is 20.6 Å². The number of amides is 1. The van der Waals surface area contributed by atoms with Gasteiger partial charge in [-0.25, -0.2) is 12.7 Å². The standard InChI is InChI=1S/C19H24N2O4S/c1-14-17(26(23,24)21(2)3)12-16(25-14)18(22)20-13-19(10-7-11-19)15-8-5-4-6-9-15/h4-6,8-9,12H,7,10-11,13H2,1-3H3,(H,20,22). The lowest BCUT2D eigenvalue weighted by molar-refractivity contribution is 0.0899. The molecular formula is C19H24N2O4S. The minimum Gasteiger partial charge on any atom is -0.455 e. The van der Waals surface area contributed by atoms with Crippen LogP contribution >= 0.6 is 0 Å². The van der Waals surface area contributed by atoms with Crippen LogP contribution < -0.4 is 5.32 Å². The van der Waals surface area contributed by atoms with Crippen molar-refractivity contribution in [1.29, 1.82) is 0 Å². The summed E-state index contributed by atoms with van der Waals surface area (Å²) in [6.07, 6.45) is 3.18. The molecule has 26 heavy (non-hydrogen) atoms. The summed E-state index contributed by atoms with van der Waals surface area (Å²) in [5.74, 6) is -0.161. The monoisotopic (exact) mass is 376 g/mol. The van der Waals surface area contributed by atoms with Crippen LogP contribution in [0.25, 0.3) is 0 Å². The van der Waals surface area contributed by atoms with Gasteiger partial charge in [-0.1, -0.05) is 36.8 Å². The summed E-state index contributed by atoms with van der Waals surface area (Å²) in [7, 11) is -0.748. The Labute approximate surface area is 154 Å². The van der Waals surface area contributed by atoms with Gasteiger partial charge in [-0.05, 0) is 25.3 Å². The summed E-state index contributed by atoms with van der Waals surface area (Å²) in [4.78, 5) is 12.5. The molecule has 0 aliphatic heterocycles. The highest BCUT2D eigenvalue weighted by molar-refractivity contribution is 7.89. The number of nitrogens with one attached hydrogen (secondary N) is 1. The predicted molar refractivity (Wildman–Crippen MR) is 98.6 cm³/mol. The van der Waals surface area contributed by atoms with Gasteiger partial charge in [0, 0.05) is 32.1 Å². The molecule has 1 aromatic carbocycles.